The molecule has 1 amide bonds. The lowest BCUT2D eigenvalue weighted by atomic mass is 10.1. The van der Waals surface area contributed by atoms with Crippen LogP contribution in [0.1, 0.15) is 31.9 Å². The standard InChI is InChI=1S/C11H17N3O/c1-3-10(12)11(15)14-8(2)9-5-4-6-13-7-9/h4-8,10H,3,12H2,1-2H3,(H,14,15)/t8-,10?/m1/s1. The van der Waals surface area contributed by atoms with E-state index in [9.17, 15) is 4.79 Å². The fourth-order valence-electron chi connectivity index (χ4n) is 1.22. The second-order valence-electron chi connectivity index (χ2n) is 3.53. The average molecular weight is 207 g/mol. The molecular weight excluding hydrogens is 190 g/mol. The predicted molar refractivity (Wildman–Crippen MR) is 59.1 cm³/mol. The van der Waals surface area contributed by atoms with Gasteiger partial charge in [0.25, 0.3) is 0 Å². The third-order valence-corrected chi connectivity index (χ3v) is 2.32. The van der Waals surface area contributed by atoms with Gasteiger partial charge in [-0.25, -0.2) is 0 Å². The Balaban J connectivity index is 2.56. The third kappa shape index (κ3) is 3.32. The normalized spacial score (nSPS) is 14.3. The van der Waals surface area contributed by atoms with Crippen molar-refractivity contribution in [2.75, 3.05) is 0 Å². The van der Waals surface area contributed by atoms with E-state index in [4.69, 9.17) is 5.73 Å². The highest BCUT2D eigenvalue weighted by molar-refractivity contribution is 5.81. The molecule has 3 N–H and O–H groups in total. The van der Waals surface area contributed by atoms with E-state index in [0.717, 1.165) is 5.56 Å². The van der Waals surface area contributed by atoms with Crippen molar-refractivity contribution in [1.29, 1.82) is 0 Å². The van der Waals surface area contributed by atoms with Crippen molar-refractivity contribution in [3.63, 3.8) is 0 Å². The first kappa shape index (κ1) is 11.7. The summed E-state index contributed by atoms with van der Waals surface area (Å²) < 4.78 is 0. The van der Waals surface area contributed by atoms with Crippen LogP contribution in [0.2, 0.25) is 0 Å². The average Bonchev–Trinajstić information content (AvgIpc) is 2.29. The van der Waals surface area contributed by atoms with E-state index in [1.54, 1.807) is 12.4 Å². The highest BCUT2D eigenvalue weighted by Gasteiger charge is 2.14. The molecule has 0 bridgehead atoms. The summed E-state index contributed by atoms with van der Waals surface area (Å²) in [6, 6.07) is 3.29. The SMILES string of the molecule is CCC(N)C(=O)N[C@H](C)c1cccnc1. The van der Waals surface area contributed by atoms with Gasteiger partial charge >= 0.3 is 0 Å². The van der Waals surface area contributed by atoms with E-state index in [0.29, 0.717) is 6.42 Å². The number of rotatable bonds is 4. The molecule has 0 aliphatic heterocycles. The molecule has 0 aliphatic carbocycles. The molecular formula is C11H17N3O. The molecule has 1 aromatic heterocycles. The van der Waals surface area contributed by atoms with Crippen LogP contribution >= 0.6 is 0 Å². The fourth-order valence-corrected chi connectivity index (χ4v) is 1.22. The molecule has 0 spiro atoms. The number of aromatic nitrogens is 1. The summed E-state index contributed by atoms with van der Waals surface area (Å²) in [6.07, 6.45) is 4.09. The number of hydrogen-bond acceptors (Lipinski definition) is 3. The summed E-state index contributed by atoms with van der Waals surface area (Å²) in [6.45, 7) is 3.80. The molecule has 1 heterocycles. The number of carbonyl (C=O) groups is 1. The van der Waals surface area contributed by atoms with Crippen LogP contribution in [0.5, 0.6) is 0 Å². The van der Waals surface area contributed by atoms with Crippen molar-refractivity contribution in [2.45, 2.75) is 32.4 Å². The van der Waals surface area contributed by atoms with Gasteiger partial charge in [0.05, 0.1) is 12.1 Å². The number of nitrogens with two attached hydrogens (primary N) is 1. The Morgan fingerprint density at radius 3 is 2.93 bits per heavy atom. The molecule has 2 atom stereocenters. The van der Waals surface area contributed by atoms with E-state index < -0.39 is 6.04 Å². The number of nitrogens with zero attached hydrogens (tertiary/aromatic N) is 1. The molecule has 0 saturated carbocycles. The molecule has 0 fully saturated rings. The maximum absolute atomic E-state index is 11.5. The van der Waals surface area contributed by atoms with E-state index in [2.05, 4.69) is 10.3 Å². The van der Waals surface area contributed by atoms with Gasteiger partial charge in [0.1, 0.15) is 0 Å². The Morgan fingerprint density at radius 2 is 2.40 bits per heavy atom. The largest absolute Gasteiger partial charge is 0.348 e. The zero-order valence-electron chi connectivity index (χ0n) is 9.10. The minimum absolute atomic E-state index is 0.0520. The van der Waals surface area contributed by atoms with Gasteiger partial charge in [-0.15, -0.1) is 0 Å². The number of nitrogens with one attached hydrogen (secondary N) is 1. The zero-order valence-corrected chi connectivity index (χ0v) is 9.10. The van der Waals surface area contributed by atoms with E-state index in [-0.39, 0.29) is 11.9 Å². The molecule has 1 rings (SSSR count). The Morgan fingerprint density at radius 1 is 1.67 bits per heavy atom. The van der Waals surface area contributed by atoms with Gasteiger partial charge in [0.15, 0.2) is 0 Å². The summed E-state index contributed by atoms with van der Waals surface area (Å²) in [5.41, 5.74) is 6.60. The molecule has 82 valence electrons. The Hall–Kier alpha value is -1.42. The Labute approximate surface area is 89.9 Å². The molecule has 0 aliphatic rings. The van der Waals surface area contributed by atoms with Crippen LogP contribution in [-0.4, -0.2) is 16.9 Å². The second kappa shape index (κ2) is 5.46. The minimum Gasteiger partial charge on any atom is -0.348 e. The smallest absolute Gasteiger partial charge is 0.237 e. The summed E-state index contributed by atoms with van der Waals surface area (Å²) in [5, 5.41) is 2.84. The molecule has 1 aromatic rings. The fraction of sp³-hybridized carbons (Fsp3) is 0.455. The Bertz CT molecular complexity index is 313. The van der Waals surface area contributed by atoms with Gasteiger partial charge in [-0.3, -0.25) is 9.78 Å². The number of pyridine rings is 1. The zero-order chi connectivity index (χ0) is 11.3. The number of carbonyl (C=O) groups excluding carboxylic acids is 1. The maximum atomic E-state index is 11.5. The van der Waals surface area contributed by atoms with Crippen LogP contribution in [0.3, 0.4) is 0 Å². The highest BCUT2D eigenvalue weighted by atomic mass is 16.2. The number of hydrogen-bond donors (Lipinski definition) is 2. The molecule has 0 radical (unpaired) electrons. The van der Waals surface area contributed by atoms with Gasteiger partial charge in [-0.1, -0.05) is 13.0 Å². The molecule has 1 unspecified atom stereocenters. The van der Waals surface area contributed by atoms with Gasteiger partial charge in [-0.2, -0.15) is 0 Å². The van der Waals surface area contributed by atoms with E-state index in [1.165, 1.54) is 0 Å². The highest BCUT2D eigenvalue weighted by Crippen LogP contribution is 2.09. The minimum atomic E-state index is -0.427. The molecule has 0 saturated heterocycles. The first-order chi connectivity index (χ1) is 7.15. The predicted octanol–water partition coefficient (Wildman–Crippen LogP) is 0.996. The van der Waals surface area contributed by atoms with Crippen LogP contribution in [0.25, 0.3) is 0 Å². The Kier molecular flexibility index (Phi) is 4.24. The second-order valence-corrected chi connectivity index (χ2v) is 3.53. The van der Waals surface area contributed by atoms with Crippen molar-refractivity contribution in [3.8, 4) is 0 Å². The quantitative estimate of drug-likeness (QED) is 0.773. The van der Waals surface area contributed by atoms with Crippen LogP contribution in [-0.2, 0) is 4.79 Å². The topological polar surface area (TPSA) is 68.0 Å². The summed E-state index contributed by atoms with van der Waals surface area (Å²) in [5.74, 6) is -0.117. The summed E-state index contributed by atoms with van der Waals surface area (Å²) in [4.78, 5) is 15.5. The first-order valence-corrected chi connectivity index (χ1v) is 5.11. The van der Waals surface area contributed by atoms with E-state index >= 15 is 0 Å². The van der Waals surface area contributed by atoms with Crippen LogP contribution in [0.4, 0.5) is 0 Å². The van der Waals surface area contributed by atoms with Crippen molar-refractivity contribution in [2.24, 2.45) is 5.73 Å². The number of amides is 1. The molecule has 4 heteroatoms. The van der Waals surface area contributed by atoms with Crippen LogP contribution in [0.15, 0.2) is 24.5 Å². The summed E-state index contributed by atoms with van der Waals surface area (Å²) in [7, 11) is 0. The third-order valence-electron chi connectivity index (χ3n) is 2.32. The lowest BCUT2D eigenvalue weighted by molar-refractivity contribution is -0.123. The lowest BCUT2D eigenvalue weighted by Crippen LogP contribution is -2.41. The van der Waals surface area contributed by atoms with Gasteiger partial charge in [0, 0.05) is 12.4 Å². The van der Waals surface area contributed by atoms with Crippen LogP contribution in [0, 0.1) is 0 Å². The van der Waals surface area contributed by atoms with Gasteiger partial charge in [-0.05, 0) is 25.0 Å². The van der Waals surface area contributed by atoms with Gasteiger partial charge in [0.2, 0.25) is 5.91 Å². The van der Waals surface area contributed by atoms with Crippen molar-refractivity contribution in [3.05, 3.63) is 30.1 Å². The van der Waals surface area contributed by atoms with E-state index in [1.807, 2.05) is 26.0 Å². The van der Waals surface area contributed by atoms with Crippen molar-refractivity contribution >= 4 is 5.91 Å². The van der Waals surface area contributed by atoms with Gasteiger partial charge < -0.3 is 11.1 Å². The monoisotopic (exact) mass is 207 g/mol. The van der Waals surface area contributed by atoms with Crippen molar-refractivity contribution in [1.82, 2.24) is 10.3 Å². The first-order valence-electron chi connectivity index (χ1n) is 5.11. The molecule has 15 heavy (non-hydrogen) atoms. The maximum Gasteiger partial charge on any atom is 0.237 e. The summed E-state index contributed by atoms with van der Waals surface area (Å²) >= 11 is 0. The molecule has 0 aromatic carbocycles. The molecule has 4 nitrogen and oxygen atoms in total. The van der Waals surface area contributed by atoms with Crippen molar-refractivity contribution < 1.29 is 4.79 Å². The lowest BCUT2D eigenvalue weighted by Gasteiger charge is -2.16. The van der Waals surface area contributed by atoms with Crippen LogP contribution < -0.4 is 11.1 Å².